The molecule has 3 N–H and O–H groups in total. The maximum Gasteiger partial charge on any atom is 0.293 e. The molecule has 1 amide bonds. The molecule has 28 heavy (non-hydrogen) atoms. The van der Waals surface area contributed by atoms with Crippen molar-refractivity contribution in [2.24, 2.45) is 7.05 Å². The molecule has 0 aliphatic heterocycles. The highest BCUT2D eigenvalue weighted by Gasteiger charge is 2.20. The Hall–Kier alpha value is -3.87. The van der Waals surface area contributed by atoms with Gasteiger partial charge in [0.15, 0.2) is 5.75 Å². The molecule has 0 bridgehead atoms. The Morgan fingerprint density at radius 3 is 2.64 bits per heavy atom. The maximum atomic E-state index is 12.8. The van der Waals surface area contributed by atoms with Crippen molar-refractivity contribution in [3.8, 4) is 17.0 Å². The van der Waals surface area contributed by atoms with Gasteiger partial charge in [0.2, 0.25) is 0 Å². The zero-order chi connectivity index (χ0) is 19.7. The molecule has 140 valence electrons. The van der Waals surface area contributed by atoms with E-state index in [0.29, 0.717) is 10.9 Å². The van der Waals surface area contributed by atoms with E-state index in [1.165, 1.54) is 4.57 Å². The highest BCUT2D eigenvalue weighted by Crippen LogP contribution is 2.24. The van der Waals surface area contributed by atoms with Gasteiger partial charge in [0.1, 0.15) is 0 Å². The number of H-pyrrole nitrogens is 1. The van der Waals surface area contributed by atoms with Crippen LogP contribution < -0.4 is 10.9 Å². The Morgan fingerprint density at radius 2 is 1.86 bits per heavy atom. The van der Waals surface area contributed by atoms with Crippen molar-refractivity contribution in [3.05, 3.63) is 82.3 Å². The second-order valence-electron chi connectivity index (χ2n) is 6.41. The molecular formula is C21H18N4O3. The second-order valence-corrected chi connectivity index (χ2v) is 6.41. The lowest BCUT2D eigenvalue weighted by atomic mass is 10.1. The van der Waals surface area contributed by atoms with Crippen LogP contribution in [0.15, 0.2) is 65.6 Å². The molecule has 2 aromatic heterocycles. The highest BCUT2D eigenvalue weighted by atomic mass is 16.3. The standard InChI is InChI=1S/C21H18N4O3/c1-25-16-10-6-5-9-15(16)17(19(26)21(25)28)20(27)22-11-14-12-23-24-18(14)13-7-3-2-4-8-13/h2-10,12,26H,11H2,1H3,(H,22,27)(H,23,24). The van der Waals surface area contributed by atoms with Gasteiger partial charge < -0.3 is 15.0 Å². The zero-order valence-electron chi connectivity index (χ0n) is 15.1. The first-order valence-corrected chi connectivity index (χ1v) is 8.75. The van der Waals surface area contributed by atoms with Crippen molar-refractivity contribution in [2.45, 2.75) is 6.54 Å². The molecule has 0 aliphatic carbocycles. The van der Waals surface area contributed by atoms with Gasteiger partial charge in [-0.3, -0.25) is 14.7 Å². The Morgan fingerprint density at radius 1 is 1.14 bits per heavy atom. The zero-order valence-corrected chi connectivity index (χ0v) is 15.1. The van der Waals surface area contributed by atoms with Crippen LogP contribution in [-0.2, 0) is 13.6 Å². The molecule has 0 radical (unpaired) electrons. The number of fused-ring (bicyclic) bond motifs is 1. The predicted octanol–water partition coefficient (Wildman–Crippen LogP) is 2.56. The van der Waals surface area contributed by atoms with E-state index in [9.17, 15) is 14.7 Å². The van der Waals surface area contributed by atoms with Gasteiger partial charge in [-0.25, -0.2) is 0 Å². The number of aryl methyl sites for hydroxylation is 1. The van der Waals surface area contributed by atoms with Crippen LogP contribution in [0.3, 0.4) is 0 Å². The number of hydrogen-bond donors (Lipinski definition) is 3. The number of nitrogens with zero attached hydrogens (tertiary/aromatic N) is 2. The number of pyridine rings is 1. The summed E-state index contributed by atoms with van der Waals surface area (Å²) in [5, 5.41) is 20.7. The molecule has 7 nitrogen and oxygen atoms in total. The van der Waals surface area contributed by atoms with E-state index in [1.54, 1.807) is 37.5 Å². The summed E-state index contributed by atoms with van der Waals surface area (Å²) in [6.07, 6.45) is 1.71. The lowest BCUT2D eigenvalue weighted by molar-refractivity contribution is 0.0949. The number of benzene rings is 2. The number of carbonyl (C=O) groups excluding carboxylic acids is 1. The van der Waals surface area contributed by atoms with E-state index in [-0.39, 0.29) is 12.1 Å². The predicted molar refractivity (Wildman–Crippen MR) is 106 cm³/mol. The molecule has 2 heterocycles. The first kappa shape index (κ1) is 17.5. The van der Waals surface area contributed by atoms with Gasteiger partial charge in [0.25, 0.3) is 11.5 Å². The molecule has 2 aromatic carbocycles. The van der Waals surface area contributed by atoms with Gasteiger partial charge in [-0.05, 0) is 6.07 Å². The van der Waals surface area contributed by atoms with Crippen LogP contribution in [0.5, 0.6) is 5.75 Å². The Bertz CT molecular complexity index is 1230. The lowest BCUT2D eigenvalue weighted by Crippen LogP contribution is -2.27. The van der Waals surface area contributed by atoms with E-state index >= 15 is 0 Å². The third-order valence-electron chi connectivity index (χ3n) is 4.71. The number of carbonyl (C=O) groups is 1. The van der Waals surface area contributed by atoms with Crippen molar-refractivity contribution >= 4 is 16.8 Å². The van der Waals surface area contributed by atoms with Gasteiger partial charge >= 0.3 is 0 Å². The number of para-hydroxylation sites is 1. The first-order valence-electron chi connectivity index (χ1n) is 8.75. The topological polar surface area (TPSA) is 100 Å². The summed E-state index contributed by atoms with van der Waals surface area (Å²) < 4.78 is 1.32. The van der Waals surface area contributed by atoms with Crippen LogP contribution in [-0.4, -0.2) is 25.8 Å². The number of amides is 1. The van der Waals surface area contributed by atoms with Crippen LogP contribution in [0.1, 0.15) is 15.9 Å². The summed E-state index contributed by atoms with van der Waals surface area (Å²) in [6, 6.07) is 16.6. The summed E-state index contributed by atoms with van der Waals surface area (Å²) >= 11 is 0. The summed E-state index contributed by atoms with van der Waals surface area (Å²) in [4.78, 5) is 25.1. The summed E-state index contributed by atoms with van der Waals surface area (Å²) in [7, 11) is 1.56. The number of aromatic nitrogens is 3. The van der Waals surface area contributed by atoms with Crippen LogP contribution in [0, 0.1) is 0 Å². The lowest BCUT2D eigenvalue weighted by Gasteiger charge is -2.12. The van der Waals surface area contributed by atoms with E-state index < -0.39 is 17.2 Å². The molecule has 0 atom stereocenters. The normalized spacial score (nSPS) is 10.9. The molecule has 0 saturated heterocycles. The average Bonchev–Trinajstić information content (AvgIpc) is 3.20. The fourth-order valence-electron chi connectivity index (χ4n) is 3.27. The minimum atomic E-state index is -0.614. The van der Waals surface area contributed by atoms with Gasteiger partial charge in [-0.2, -0.15) is 5.10 Å². The number of nitrogens with one attached hydrogen (secondary N) is 2. The fourth-order valence-corrected chi connectivity index (χ4v) is 3.27. The number of rotatable bonds is 4. The minimum absolute atomic E-state index is 0.0246. The molecule has 0 spiro atoms. The Labute approximate surface area is 160 Å². The third-order valence-corrected chi connectivity index (χ3v) is 4.71. The summed E-state index contributed by atoms with van der Waals surface area (Å²) in [5.74, 6) is -1.08. The van der Waals surface area contributed by atoms with E-state index in [2.05, 4.69) is 15.5 Å². The summed E-state index contributed by atoms with van der Waals surface area (Å²) in [5.41, 5.74) is 2.39. The molecule has 0 fully saturated rings. The smallest absolute Gasteiger partial charge is 0.293 e. The van der Waals surface area contributed by atoms with Crippen molar-refractivity contribution in [2.75, 3.05) is 0 Å². The molecule has 0 aliphatic rings. The monoisotopic (exact) mass is 374 g/mol. The maximum absolute atomic E-state index is 12.8. The van der Waals surface area contributed by atoms with E-state index in [4.69, 9.17) is 0 Å². The quantitative estimate of drug-likeness (QED) is 0.511. The second kappa shape index (κ2) is 7.03. The average molecular weight is 374 g/mol. The molecule has 0 saturated carbocycles. The minimum Gasteiger partial charge on any atom is -0.502 e. The SMILES string of the molecule is Cn1c(=O)c(O)c(C(=O)NCc2c[nH]nc2-c2ccccc2)c2ccccc21. The molecule has 4 aromatic rings. The van der Waals surface area contributed by atoms with Crippen molar-refractivity contribution < 1.29 is 9.90 Å². The van der Waals surface area contributed by atoms with Gasteiger partial charge in [-0.1, -0.05) is 48.5 Å². The van der Waals surface area contributed by atoms with Gasteiger partial charge in [-0.15, -0.1) is 0 Å². The first-order chi connectivity index (χ1) is 13.6. The van der Waals surface area contributed by atoms with Crippen molar-refractivity contribution in [1.82, 2.24) is 20.1 Å². The van der Waals surface area contributed by atoms with Crippen LogP contribution in [0.25, 0.3) is 22.2 Å². The van der Waals surface area contributed by atoms with Crippen LogP contribution >= 0.6 is 0 Å². The number of hydrogen-bond acceptors (Lipinski definition) is 4. The molecule has 7 heteroatoms. The Balaban J connectivity index is 1.67. The molecule has 0 unspecified atom stereocenters. The number of aromatic hydroxyl groups is 1. The largest absolute Gasteiger partial charge is 0.502 e. The molecule has 4 rings (SSSR count). The van der Waals surface area contributed by atoms with Crippen LogP contribution in [0.4, 0.5) is 0 Å². The van der Waals surface area contributed by atoms with Gasteiger partial charge in [0.05, 0.1) is 16.8 Å². The summed E-state index contributed by atoms with van der Waals surface area (Å²) in [6.45, 7) is 0.197. The van der Waals surface area contributed by atoms with Crippen LogP contribution in [0.2, 0.25) is 0 Å². The van der Waals surface area contributed by atoms with E-state index in [1.807, 2.05) is 30.3 Å². The fraction of sp³-hybridized carbons (Fsp3) is 0.0952. The van der Waals surface area contributed by atoms with Crippen molar-refractivity contribution in [3.63, 3.8) is 0 Å². The Kier molecular flexibility index (Phi) is 4.41. The number of aromatic amines is 1. The van der Waals surface area contributed by atoms with E-state index in [0.717, 1.165) is 16.8 Å². The third kappa shape index (κ3) is 2.92. The highest BCUT2D eigenvalue weighted by molar-refractivity contribution is 6.08. The molecular weight excluding hydrogens is 356 g/mol. The van der Waals surface area contributed by atoms with Crippen molar-refractivity contribution in [1.29, 1.82) is 0 Å². The van der Waals surface area contributed by atoms with Gasteiger partial charge in [0, 0.05) is 36.3 Å².